The van der Waals surface area contributed by atoms with Crippen molar-refractivity contribution >= 4 is 11.9 Å². The number of nitrogens with one attached hydrogen (secondary N) is 1. The van der Waals surface area contributed by atoms with E-state index in [1.165, 1.54) is 7.11 Å². The highest BCUT2D eigenvalue weighted by atomic mass is 16.5. The fraction of sp³-hybridized carbons (Fsp3) is 0.857. The van der Waals surface area contributed by atoms with Crippen molar-refractivity contribution in [2.75, 3.05) is 20.3 Å². The Morgan fingerprint density at radius 2 is 1.90 bits per heavy atom. The summed E-state index contributed by atoms with van der Waals surface area (Å²) in [6.45, 7) is 8.09. The summed E-state index contributed by atoms with van der Waals surface area (Å²) < 4.78 is 10.4. The Bertz CT molecular complexity index is 319. The Hall–Kier alpha value is -1.14. The zero-order valence-corrected chi connectivity index (χ0v) is 13.1. The third kappa shape index (κ3) is 8.12. The molecule has 0 saturated heterocycles. The Kier molecular flexibility index (Phi) is 8.41. The van der Waals surface area contributed by atoms with Crippen LogP contribution in [0.15, 0.2) is 0 Å². The van der Waals surface area contributed by atoms with Crippen LogP contribution in [0.5, 0.6) is 0 Å². The van der Waals surface area contributed by atoms with Gasteiger partial charge in [0.25, 0.3) is 0 Å². The zero-order valence-electron chi connectivity index (χ0n) is 13.1. The van der Waals surface area contributed by atoms with E-state index in [4.69, 9.17) is 14.6 Å². The first kappa shape index (κ1) is 18.9. The van der Waals surface area contributed by atoms with Gasteiger partial charge in [0.1, 0.15) is 6.10 Å². The highest BCUT2D eigenvalue weighted by Crippen LogP contribution is 2.11. The second kappa shape index (κ2) is 8.92. The molecule has 0 bridgehead atoms. The summed E-state index contributed by atoms with van der Waals surface area (Å²) in [5.41, 5.74) is -0.937. The van der Waals surface area contributed by atoms with Crippen LogP contribution >= 0.6 is 0 Å². The quantitative estimate of drug-likeness (QED) is 0.635. The lowest BCUT2D eigenvalue weighted by Gasteiger charge is -2.29. The van der Waals surface area contributed by atoms with Gasteiger partial charge >= 0.3 is 5.97 Å². The van der Waals surface area contributed by atoms with Crippen LogP contribution in [-0.4, -0.2) is 48.9 Å². The summed E-state index contributed by atoms with van der Waals surface area (Å²) >= 11 is 0. The molecule has 0 aliphatic rings. The van der Waals surface area contributed by atoms with E-state index in [-0.39, 0.29) is 18.9 Å². The average molecular weight is 289 g/mol. The Morgan fingerprint density at radius 1 is 1.30 bits per heavy atom. The number of carbonyl (C=O) groups excluding carboxylic acids is 1. The van der Waals surface area contributed by atoms with Crippen molar-refractivity contribution < 1.29 is 24.2 Å². The molecular weight excluding hydrogens is 262 g/mol. The zero-order chi connectivity index (χ0) is 15.8. The summed E-state index contributed by atoms with van der Waals surface area (Å²) in [6, 6.07) is 0. The maximum absolute atomic E-state index is 12.0. The van der Waals surface area contributed by atoms with Crippen LogP contribution < -0.4 is 5.32 Å². The molecule has 118 valence electrons. The predicted octanol–water partition coefficient (Wildman–Crippen LogP) is 1.43. The van der Waals surface area contributed by atoms with Gasteiger partial charge in [-0.2, -0.15) is 0 Å². The van der Waals surface area contributed by atoms with Gasteiger partial charge in [0, 0.05) is 13.7 Å². The molecule has 0 aromatic rings. The number of hydrogen-bond acceptors (Lipinski definition) is 4. The molecule has 6 heteroatoms. The third-order valence-corrected chi connectivity index (χ3v) is 2.86. The topological polar surface area (TPSA) is 84.9 Å². The number of hydrogen-bond donors (Lipinski definition) is 2. The van der Waals surface area contributed by atoms with Gasteiger partial charge in [-0.3, -0.25) is 9.59 Å². The SMILES string of the molecule is COCC(C)(CC(=O)O)NC(=O)C(C)OCCC(C)C. The number of carboxylic acid groups (broad SMARTS) is 1. The van der Waals surface area contributed by atoms with Crippen LogP contribution in [0.4, 0.5) is 0 Å². The third-order valence-electron chi connectivity index (χ3n) is 2.86. The minimum absolute atomic E-state index is 0.129. The molecule has 6 nitrogen and oxygen atoms in total. The molecule has 0 aromatic carbocycles. The largest absolute Gasteiger partial charge is 0.481 e. The lowest BCUT2D eigenvalue weighted by molar-refractivity contribution is -0.141. The van der Waals surface area contributed by atoms with Crippen molar-refractivity contribution in [1.82, 2.24) is 5.32 Å². The van der Waals surface area contributed by atoms with Crippen LogP contribution in [-0.2, 0) is 19.1 Å². The highest BCUT2D eigenvalue weighted by molar-refractivity contribution is 5.82. The van der Waals surface area contributed by atoms with Crippen molar-refractivity contribution in [3.05, 3.63) is 0 Å². The minimum atomic E-state index is -0.988. The number of rotatable bonds is 10. The summed E-state index contributed by atoms with van der Waals surface area (Å²) in [5, 5.41) is 11.6. The van der Waals surface area contributed by atoms with Gasteiger partial charge in [-0.1, -0.05) is 13.8 Å². The van der Waals surface area contributed by atoms with Crippen molar-refractivity contribution in [3.63, 3.8) is 0 Å². The molecule has 0 aliphatic heterocycles. The molecular formula is C14H27NO5. The van der Waals surface area contributed by atoms with E-state index in [1.807, 2.05) is 0 Å². The first-order valence-corrected chi connectivity index (χ1v) is 6.84. The van der Waals surface area contributed by atoms with E-state index in [9.17, 15) is 9.59 Å². The molecule has 2 N–H and O–H groups in total. The van der Waals surface area contributed by atoms with Gasteiger partial charge in [0.2, 0.25) is 5.91 Å². The summed E-state index contributed by atoms with van der Waals surface area (Å²) in [4.78, 5) is 22.9. The molecule has 2 unspecified atom stereocenters. The maximum atomic E-state index is 12.0. The summed E-state index contributed by atoms with van der Waals surface area (Å²) in [7, 11) is 1.47. The van der Waals surface area contributed by atoms with E-state index < -0.39 is 17.6 Å². The van der Waals surface area contributed by atoms with Crippen LogP contribution in [0.1, 0.15) is 40.5 Å². The van der Waals surface area contributed by atoms with E-state index in [0.29, 0.717) is 12.5 Å². The number of aliphatic carboxylic acids is 1. The van der Waals surface area contributed by atoms with Gasteiger partial charge in [-0.15, -0.1) is 0 Å². The number of methoxy groups -OCH3 is 1. The Balaban J connectivity index is 4.40. The van der Waals surface area contributed by atoms with Crippen molar-refractivity contribution in [2.24, 2.45) is 5.92 Å². The summed E-state index contributed by atoms with van der Waals surface area (Å²) in [6.07, 6.45) is 0.0617. The van der Waals surface area contributed by atoms with Crippen molar-refractivity contribution in [3.8, 4) is 0 Å². The second-order valence-electron chi connectivity index (χ2n) is 5.75. The first-order valence-electron chi connectivity index (χ1n) is 6.84. The standard InChI is InChI=1S/C14H27NO5/c1-10(2)6-7-20-11(3)13(18)15-14(4,9-19-5)8-12(16)17/h10-11H,6-9H2,1-5H3,(H,15,18)(H,16,17). The van der Waals surface area contributed by atoms with Crippen LogP contribution in [0.2, 0.25) is 0 Å². The smallest absolute Gasteiger partial charge is 0.305 e. The molecule has 0 aliphatic carbocycles. The monoisotopic (exact) mass is 289 g/mol. The maximum Gasteiger partial charge on any atom is 0.305 e. The molecule has 0 radical (unpaired) electrons. The van der Waals surface area contributed by atoms with E-state index in [2.05, 4.69) is 19.2 Å². The van der Waals surface area contributed by atoms with Gasteiger partial charge in [0.15, 0.2) is 0 Å². The van der Waals surface area contributed by atoms with Gasteiger partial charge in [-0.05, 0) is 26.2 Å². The van der Waals surface area contributed by atoms with E-state index in [0.717, 1.165) is 6.42 Å². The van der Waals surface area contributed by atoms with Crippen molar-refractivity contribution in [1.29, 1.82) is 0 Å². The molecule has 0 fully saturated rings. The van der Waals surface area contributed by atoms with Gasteiger partial charge in [-0.25, -0.2) is 0 Å². The fourth-order valence-corrected chi connectivity index (χ4v) is 1.74. The van der Waals surface area contributed by atoms with Gasteiger partial charge < -0.3 is 19.9 Å². The molecule has 1 amide bonds. The number of ether oxygens (including phenoxy) is 2. The van der Waals surface area contributed by atoms with Crippen molar-refractivity contribution in [2.45, 2.75) is 52.2 Å². The molecule has 0 heterocycles. The van der Waals surface area contributed by atoms with E-state index >= 15 is 0 Å². The minimum Gasteiger partial charge on any atom is -0.481 e. The van der Waals surface area contributed by atoms with Gasteiger partial charge in [0.05, 0.1) is 18.6 Å². The Morgan fingerprint density at radius 3 is 2.35 bits per heavy atom. The fourth-order valence-electron chi connectivity index (χ4n) is 1.74. The number of amides is 1. The summed E-state index contributed by atoms with van der Waals surface area (Å²) in [5.74, 6) is -0.802. The van der Waals surface area contributed by atoms with Crippen LogP contribution in [0.3, 0.4) is 0 Å². The number of carbonyl (C=O) groups is 2. The normalized spacial score (nSPS) is 15.7. The Labute approximate surface area is 120 Å². The molecule has 0 saturated carbocycles. The lowest BCUT2D eigenvalue weighted by atomic mass is 9.98. The lowest BCUT2D eigenvalue weighted by Crippen LogP contribution is -2.53. The highest BCUT2D eigenvalue weighted by Gasteiger charge is 2.31. The predicted molar refractivity (Wildman–Crippen MR) is 75.5 cm³/mol. The first-order chi connectivity index (χ1) is 9.20. The van der Waals surface area contributed by atoms with E-state index in [1.54, 1.807) is 13.8 Å². The molecule has 2 atom stereocenters. The molecule has 0 aromatic heterocycles. The van der Waals surface area contributed by atoms with Crippen LogP contribution in [0.25, 0.3) is 0 Å². The number of carboxylic acids is 1. The molecule has 0 rings (SSSR count). The molecule has 0 spiro atoms. The molecule has 20 heavy (non-hydrogen) atoms. The average Bonchev–Trinajstić information content (AvgIpc) is 2.26. The second-order valence-corrected chi connectivity index (χ2v) is 5.75. The van der Waals surface area contributed by atoms with Crippen LogP contribution in [0, 0.1) is 5.92 Å².